The first-order valence-electron chi connectivity index (χ1n) is 10.2. The van der Waals surface area contributed by atoms with Crippen molar-refractivity contribution in [3.05, 3.63) is 48.5 Å². The number of nitrogens with two attached hydrogens (primary N) is 1. The van der Waals surface area contributed by atoms with Gasteiger partial charge in [0, 0.05) is 12.7 Å². The Hall–Kier alpha value is -2.92. The van der Waals surface area contributed by atoms with Crippen molar-refractivity contribution in [1.29, 1.82) is 0 Å². The number of hydrogen-bond acceptors (Lipinski definition) is 8. The van der Waals surface area contributed by atoms with Gasteiger partial charge in [-0.2, -0.15) is 0 Å². The first-order valence-corrected chi connectivity index (χ1v) is 10.2. The number of ether oxygens (including phenoxy) is 3. The van der Waals surface area contributed by atoms with Gasteiger partial charge in [0.05, 0.1) is 31.7 Å². The van der Waals surface area contributed by atoms with Gasteiger partial charge in [0.25, 0.3) is 5.91 Å². The minimum absolute atomic E-state index is 0.158. The fourth-order valence-electron chi connectivity index (χ4n) is 3.70. The third-order valence-electron chi connectivity index (χ3n) is 5.30. The molecule has 1 aliphatic heterocycles. The average molecular weight is 426 g/mol. The number of rotatable bonds is 8. The lowest BCUT2D eigenvalue weighted by Gasteiger charge is -2.22. The number of amides is 1. The van der Waals surface area contributed by atoms with Crippen molar-refractivity contribution in [2.75, 3.05) is 25.6 Å². The van der Waals surface area contributed by atoms with E-state index in [-0.39, 0.29) is 18.1 Å². The maximum atomic E-state index is 12.6. The summed E-state index contributed by atoms with van der Waals surface area (Å²) < 4.78 is 19.1. The summed E-state index contributed by atoms with van der Waals surface area (Å²) in [6, 6.07) is 8.60. The van der Waals surface area contributed by atoms with E-state index in [2.05, 4.69) is 20.3 Å². The summed E-state index contributed by atoms with van der Waals surface area (Å²) >= 11 is 0. The van der Waals surface area contributed by atoms with Crippen LogP contribution >= 0.6 is 0 Å². The van der Waals surface area contributed by atoms with Gasteiger partial charge < -0.3 is 25.3 Å². The highest BCUT2D eigenvalue weighted by Crippen LogP contribution is 2.34. The molecule has 10 heteroatoms. The van der Waals surface area contributed by atoms with Crippen molar-refractivity contribution in [2.24, 2.45) is 5.73 Å². The number of anilines is 1. The van der Waals surface area contributed by atoms with Crippen LogP contribution in [-0.4, -0.2) is 64.0 Å². The number of aromatic nitrogens is 4. The Bertz CT molecular complexity index is 1030. The van der Waals surface area contributed by atoms with Crippen LogP contribution in [0.25, 0.3) is 11.2 Å². The first kappa shape index (κ1) is 21.3. The molecule has 0 unspecified atom stereocenters. The van der Waals surface area contributed by atoms with Crippen LogP contribution in [0.15, 0.2) is 43.0 Å². The van der Waals surface area contributed by atoms with Crippen molar-refractivity contribution in [1.82, 2.24) is 19.5 Å². The Morgan fingerprint density at radius 3 is 2.77 bits per heavy atom. The second-order valence-electron chi connectivity index (χ2n) is 7.25. The molecule has 2 aromatic heterocycles. The predicted octanol–water partition coefficient (Wildman–Crippen LogP) is 1.74. The Labute approximate surface area is 179 Å². The van der Waals surface area contributed by atoms with E-state index < -0.39 is 12.3 Å². The van der Waals surface area contributed by atoms with Crippen LogP contribution in [0.1, 0.15) is 29.9 Å². The minimum atomic E-state index is -0.505. The standard InChI is InChI=1S/C21H26N6O4/c1-3-14-15(22)17(30-10-9-29-2)21(31-14)27-12-25-16-18(23-11-24-19(16)27)26-20(28)13-7-5-4-6-8-13/h4-8,11-12,14-15,17,21H,3,9-10,22H2,1-2H3,(H,23,24,26,28)/t14-,15-,17-,21-/m1/s1. The van der Waals surface area contributed by atoms with E-state index in [4.69, 9.17) is 19.9 Å². The Morgan fingerprint density at radius 1 is 1.23 bits per heavy atom. The number of nitrogens with one attached hydrogen (secondary N) is 1. The lowest BCUT2D eigenvalue weighted by atomic mass is 10.1. The monoisotopic (exact) mass is 426 g/mol. The molecule has 4 atom stereocenters. The zero-order chi connectivity index (χ0) is 21.8. The highest BCUT2D eigenvalue weighted by Gasteiger charge is 2.44. The molecule has 31 heavy (non-hydrogen) atoms. The van der Waals surface area contributed by atoms with Crippen LogP contribution < -0.4 is 11.1 Å². The lowest BCUT2D eigenvalue weighted by molar-refractivity contribution is -0.0694. The quantitative estimate of drug-likeness (QED) is 0.522. The molecule has 164 valence electrons. The van der Waals surface area contributed by atoms with Gasteiger partial charge in [-0.3, -0.25) is 9.36 Å². The lowest BCUT2D eigenvalue weighted by Crippen LogP contribution is -2.41. The summed E-state index contributed by atoms with van der Waals surface area (Å²) in [5.41, 5.74) is 7.91. The molecule has 0 aliphatic carbocycles. The van der Waals surface area contributed by atoms with Gasteiger partial charge in [-0.1, -0.05) is 25.1 Å². The van der Waals surface area contributed by atoms with Crippen molar-refractivity contribution in [3.63, 3.8) is 0 Å². The molecule has 3 heterocycles. The largest absolute Gasteiger partial charge is 0.382 e. The van der Waals surface area contributed by atoms with Gasteiger partial charge in [0.2, 0.25) is 0 Å². The van der Waals surface area contributed by atoms with Crippen molar-refractivity contribution in [3.8, 4) is 0 Å². The molecule has 4 rings (SSSR count). The van der Waals surface area contributed by atoms with E-state index in [0.29, 0.717) is 35.8 Å². The molecule has 0 spiro atoms. The van der Waals surface area contributed by atoms with E-state index >= 15 is 0 Å². The summed E-state index contributed by atoms with van der Waals surface area (Å²) in [5.74, 6) is 0.0462. The van der Waals surface area contributed by atoms with E-state index in [0.717, 1.165) is 6.42 Å². The molecule has 1 fully saturated rings. The third kappa shape index (κ3) is 4.28. The van der Waals surface area contributed by atoms with Crippen molar-refractivity contribution in [2.45, 2.75) is 37.8 Å². The first-order chi connectivity index (χ1) is 15.1. The molecule has 3 N–H and O–H groups in total. The number of hydrogen-bond donors (Lipinski definition) is 2. The predicted molar refractivity (Wildman–Crippen MR) is 114 cm³/mol. The summed E-state index contributed by atoms with van der Waals surface area (Å²) in [5, 5.41) is 2.81. The second kappa shape index (κ2) is 9.48. The van der Waals surface area contributed by atoms with Gasteiger partial charge in [-0.25, -0.2) is 15.0 Å². The van der Waals surface area contributed by atoms with Crippen LogP contribution in [0.2, 0.25) is 0 Å². The topological polar surface area (TPSA) is 126 Å². The average Bonchev–Trinajstić information content (AvgIpc) is 3.36. The van der Waals surface area contributed by atoms with Gasteiger partial charge in [-0.15, -0.1) is 0 Å². The van der Waals surface area contributed by atoms with Crippen LogP contribution in [0.3, 0.4) is 0 Å². The van der Waals surface area contributed by atoms with Gasteiger partial charge in [0.15, 0.2) is 23.2 Å². The van der Waals surface area contributed by atoms with Crippen molar-refractivity contribution < 1.29 is 19.0 Å². The summed E-state index contributed by atoms with van der Waals surface area (Å²) in [7, 11) is 1.62. The molecule has 1 amide bonds. The number of imidazole rings is 1. The molecular weight excluding hydrogens is 400 g/mol. The molecule has 3 aromatic rings. The van der Waals surface area contributed by atoms with Gasteiger partial charge in [0.1, 0.15) is 12.4 Å². The third-order valence-corrected chi connectivity index (χ3v) is 5.30. The molecule has 1 aliphatic rings. The van der Waals surface area contributed by atoms with Crippen LogP contribution in [0, 0.1) is 0 Å². The molecule has 1 saturated heterocycles. The Morgan fingerprint density at radius 2 is 2.03 bits per heavy atom. The maximum Gasteiger partial charge on any atom is 0.256 e. The highest BCUT2D eigenvalue weighted by molar-refractivity contribution is 6.06. The second-order valence-corrected chi connectivity index (χ2v) is 7.25. The highest BCUT2D eigenvalue weighted by atomic mass is 16.6. The van der Waals surface area contributed by atoms with Crippen LogP contribution in [-0.2, 0) is 14.2 Å². The number of fused-ring (bicyclic) bond motifs is 1. The molecular formula is C21H26N6O4. The van der Waals surface area contributed by atoms with Gasteiger partial charge in [-0.05, 0) is 18.6 Å². The van der Waals surface area contributed by atoms with Crippen LogP contribution in [0.5, 0.6) is 0 Å². The van der Waals surface area contributed by atoms with Crippen molar-refractivity contribution >= 4 is 22.9 Å². The zero-order valence-electron chi connectivity index (χ0n) is 17.5. The minimum Gasteiger partial charge on any atom is -0.382 e. The molecule has 1 aromatic carbocycles. The zero-order valence-corrected chi connectivity index (χ0v) is 17.5. The Balaban J connectivity index is 1.62. The van der Waals surface area contributed by atoms with E-state index in [9.17, 15) is 4.79 Å². The van der Waals surface area contributed by atoms with E-state index in [1.165, 1.54) is 6.33 Å². The number of benzene rings is 1. The summed E-state index contributed by atoms with van der Waals surface area (Å²) in [4.78, 5) is 25.6. The number of carbonyl (C=O) groups excluding carboxylic acids is 1. The Kier molecular flexibility index (Phi) is 6.52. The van der Waals surface area contributed by atoms with Gasteiger partial charge >= 0.3 is 0 Å². The fourth-order valence-corrected chi connectivity index (χ4v) is 3.70. The number of nitrogens with zero attached hydrogens (tertiary/aromatic N) is 4. The maximum absolute atomic E-state index is 12.6. The van der Waals surface area contributed by atoms with Crippen LogP contribution in [0.4, 0.5) is 5.82 Å². The van der Waals surface area contributed by atoms with E-state index in [1.54, 1.807) is 42.3 Å². The molecule has 0 saturated carbocycles. The molecule has 10 nitrogen and oxygen atoms in total. The van der Waals surface area contributed by atoms with E-state index in [1.807, 2.05) is 13.0 Å². The smallest absolute Gasteiger partial charge is 0.256 e. The SMILES string of the molecule is CC[C@H]1O[C@@H](n2cnc3c(NC(=O)c4ccccc4)ncnc32)[C@H](OCCOC)[C@@H]1N. The molecule has 0 bridgehead atoms. The summed E-state index contributed by atoms with van der Waals surface area (Å²) in [6.07, 6.45) is 2.69. The molecule has 0 radical (unpaired) electrons. The fraction of sp³-hybridized carbons (Fsp3) is 0.429. The summed E-state index contributed by atoms with van der Waals surface area (Å²) in [6.45, 7) is 2.87. The number of carbonyl (C=O) groups is 1. The number of methoxy groups -OCH3 is 1. The normalized spacial score (nSPS) is 23.3.